The molecule has 0 aliphatic rings. The molecule has 0 atom stereocenters. The molecule has 0 fully saturated rings. The first-order valence-electron chi connectivity index (χ1n) is 9.29. The largest absolute Gasteiger partial charge is 0.465 e. The number of unbranched alkanes of at least 4 members (excludes halogenated alkanes) is 6. The standard InChI is InChI=1S/C20H31FN2O3/c1-5-6-7-8-9-10-11-14-22(2)20(25)23(3)18-13-12-16(15-17(18)21)19(24)26-4/h12-13,15H,5-11,14H2,1-4H3. The van der Waals surface area contributed by atoms with E-state index in [2.05, 4.69) is 11.7 Å². The van der Waals surface area contributed by atoms with E-state index < -0.39 is 11.8 Å². The summed E-state index contributed by atoms with van der Waals surface area (Å²) in [4.78, 5) is 26.8. The van der Waals surface area contributed by atoms with Crippen LogP contribution in [0.3, 0.4) is 0 Å². The third-order valence-electron chi connectivity index (χ3n) is 4.44. The summed E-state index contributed by atoms with van der Waals surface area (Å²) in [5.74, 6) is -1.24. The molecule has 26 heavy (non-hydrogen) atoms. The molecule has 0 N–H and O–H groups in total. The van der Waals surface area contributed by atoms with Crippen LogP contribution >= 0.6 is 0 Å². The van der Waals surface area contributed by atoms with Crippen molar-refractivity contribution in [2.75, 3.05) is 32.6 Å². The van der Waals surface area contributed by atoms with Crippen molar-refractivity contribution in [2.45, 2.75) is 51.9 Å². The van der Waals surface area contributed by atoms with Crippen LogP contribution in [0.1, 0.15) is 62.2 Å². The number of urea groups is 1. The minimum absolute atomic E-state index is 0.117. The number of carbonyl (C=O) groups is 2. The Morgan fingerprint density at radius 3 is 2.23 bits per heavy atom. The fourth-order valence-electron chi connectivity index (χ4n) is 2.78. The zero-order chi connectivity index (χ0) is 19.5. The summed E-state index contributed by atoms with van der Waals surface area (Å²) in [6.45, 7) is 2.84. The molecular weight excluding hydrogens is 335 g/mol. The second-order valence-electron chi connectivity index (χ2n) is 6.54. The van der Waals surface area contributed by atoms with E-state index in [4.69, 9.17) is 0 Å². The van der Waals surface area contributed by atoms with Crippen molar-refractivity contribution in [3.05, 3.63) is 29.6 Å². The normalized spacial score (nSPS) is 10.5. The number of rotatable bonds is 10. The van der Waals surface area contributed by atoms with Crippen molar-refractivity contribution < 1.29 is 18.7 Å². The summed E-state index contributed by atoms with van der Waals surface area (Å²) in [5.41, 5.74) is 0.250. The van der Waals surface area contributed by atoms with Gasteiger partial charge in [-0.3, -0.25) is 4.90 Å². The van der Waals surface area contributed by atoms with Crippen LogP contribution in [0.4, 0.5) is 14.9 Å². The third-order valence-corrected chi connectivity index (χ3v) is 4.44. The number of anilines is 1. The lowest BCUT2D eigenvalue weighted by Gasteiger charge is -2.25. The van der Waals surface area contributed by atoms with Gasteiger partial charge in [-0.05, 0) is 24.6 Å². The number of hydrogen-bond donors (Lipinski definition) is 0. The second kappa shape index (κ2) is 11.5. The summed E-state index contributed by atoms with van der Waals surface area (Å²) < 4.78 is 18.8. The van der Waals surface area contributed by atoms with Crippen LogP contribution in [0.25, 0.3) is 0 Å². The summed E-state index contributed by atoms with van der Waals surface area (Å²) in [7, 11) is 4.49. The molecule has 5 nitrogen and oxygen atoms in total. The highest BCUT2D eigenvalue weighted by Crippen LogP contribution is 2.21. The first kappa shape index (κ1) is 21.9. The van der Waals surface area contributed by atoms with Gasteiger partial charge in [-0.25, -0.2) is 14.0 Å². The molecular formula is C20H31FN2O3. The molecule has 0 aliphatic carbocycles. The van der Waals surface area contributed by atoms with Crippen LogP contribution in [-0.2, 0) is 4.74 Å². The van der Waals surface area contributed by atoms with Crippen LogP contribution < -0.4 is 4.90 Å². The maximum atomic E-state index is 14.3. The molecule has 0 spiro atoms. The third kappa shape index (κ3) is 6.65. The molecule has 1 rings (SSSR count). The lowest BCUT2D eigenvalue weighted by molar-refractivity contribution is 0.0600. The molecule has 0 saturated carbocycles. The topological polar surface area (TPSA) is 49.9 Å². The number of hydrogen-bond acceptors (Lipinski definition) is 3. The zero-order valence-corrected chi connectivity index (χ0v) is 16.4. The molecule has 1 aromatic rings. The van der Waals surface area contributed by atoms with Gasteiger partial charge in [0.25, 0.3) is 0 Å². The summed E-state index contributed by atoms with van der Waals surface area (Å²) >= 11 is 0. The minimum atomic E-state index is -0.631. The average molecular weight is 366 g/mol. The van der Waals surface area contributed by atoms with Gasteiger partial charge in [-0.1, -0.05) is 45.4 Å². The first-order chi connectivity index (χ1) is 12.4. The molecule has 0 bridgehead atoms. The molecule has 2 amide bonds. The van der Waals surface area contributed by atoms with Crippen LogP contribution in [0.15, 0.2) is 18.2 Å². The first-order valence-corrected chi connectivity index (χ1v) is 9.29. The Kier molecular flexibility index (Phi) is 9.70. The summed E-state index contributed by atoms with van der Waals surface area (Å²) in [6.07, 6.45) is 8.24. The lowest BCUT2D eigenvalue weighted by atomic mass is 10.1. The number of carbonyl (C=O) groups excluding carboxylic acids is 2. The average Bonchev–Trinajstić information content (AvgIpc) is 2.65. The number of benzene rings is 1. The fourth-order valence-corrected chi connectivity index (χ4v) is 2.78. The molecule has 0 saturated heterocycles. The van der Waals surface area contributed by atoms with Crippen LogP contribution in [0.5, 0.6) is 0 Å². The number of ether oxygens (including phenoxy) is 1. The van der Waals surface area contributed by atoms with E-state index >= 15 is 0 Å². The highest BCUT2D eigenvalue weighted by molar-refractivity contribution is 5.93. The van der Waals surface area contributed by atoms with Crippen molar-refractivity contribution in [1.82, 2.24) is 4.90 Å². The maximum absolute atomic E-state index is 14.3. The van der Waals surface area contributed by atoms with Crippen LogP contribution in [0.2, 0.25) is 0 Å². The Bertz CT molecular complexity index is 592. The Hall–Kier alpha value is -2.11. The molecule has 0 radical (unpaired) electrons. The van der Waals surface area contributed by atoms with E-state index in [0.29, 0.717) is 6.54 Å². The van der Waals surface area contributed by atoms with E-state index in [9.17, 15) is 14.0 Å². The Morgan fingerprint density at radius 1 is 1.04 bits per heavy atom. The smallest absolute Gasteiger partial charge is 0.337 e. The molecule has 6 heteroatoms. The second-order valence-corrected chi connectivity index (χ2v) is 6.54. The lowest BCUT2D eigenvalue weighted by Crippen LogP contribution is -2.39. The maximum Gasteiger partial charge on any atom is 0.337 e. The van der Waals surface area contributed by atoms with Crippen molar-refractivity contribution >= 4 is 17.7 Å². The van der Waals surface area contributed by atoms with E-state index in [1.54, 1.807) is 11.9 Å². The number of amides is 2. The van der Waals surface area contributed by atoms with Crippen molar-refractivity contribution in [1.29, 1.82) is 0 Å². The van der Waals surface area contributed by atoms with E-state index in [-0.39, 0.29) is 17.3 Å². The van der Waals surface area contributed by atoms with Gasteiger partial charge >= 0.3 is 12.0 Å². The highest BCUT2D eigenvalue weighted by Gasteiger charge is 2.19. The van der Waals surface area contributed by atoms with Gasteiger partial charge in [-0.15, -0.1) is 0 Å². The molecule has 0 aliphatic heterocycles. The van der Waals surface area contributed by atoms with Crippen LogP contribution in [-0.4, -0.2) is 44.7 Å². The van der Waals surface area contributed by atoms with Crippen molar-refractivity contribution in [3.8, 4) is 0 Å². The molecule has 146 valence electrons. The quantitative estimate of drug-likeness (QED) is 0.439. The predicted octanol–water partition coefficient (Wildman–Crippen LogP) is 4.85. The Balaban J connectivity index is 2.51. The summed E-state index contributed by atoms with van der Waals surface area (Å²) in [6, 6.07) is 3.67. The minimum Gasteiger partial charge on any atom is -0.465 e. The molecule has 1 aromatic carbocycles. The monoisotopic (exact) mass is 366 g/mol. The van der Waals surface area contributed by atoms with Crippen LogP contribution in [0, 0.1) is 5.82 Å². The van der Waals surface area contributed by atoms with E-state index in [0.717, 1.165) is 18.9 Å². The van der Waals surface area contributed by atoms with Gasteiger partial charge in [0.2, 0.25) is 0 Å². The van der Waals surface area contributed by atoms with Gasteiger partial charge in [0.1, 0.15) is 5.82 Å². The van der Waals surface area contributed by atoms with Crippen molar-refractivity contribution in [2.24, 2.45) is 0 Å². The predicted molar refractivity (Wildman–Crippen MR) is 102 cm³/mol. The van der Waals surface area contributed by atoms with E-state index in [1.165, 1.54) is 63.3 Å². The zero-order valence-electron chi connectivity index (χ0n) is 16.4. The summed E-state index contributed by atoms with van der Waals surface area (Å²) in [5, 5.41) is 0. The van der Waals surface area contributed by atoms with Gasteiger partial charge in [0.15, 0.2) is 0 Å². The van der Waals surface area contributed by atoms with Gasteiger partial charge < -0.3 is 9.64 Å². The van der Waals surface area contributed by atoms with Gasteiger partial charge in [0.05, 0.1) is 18.4 Å². The fraction of sp³-hybridized carbons (Fsp3) is 0.600. The number of halogens is 1. The highest BCUT2D eigenvalue weighted by atomic mass is 19.1. The van der Waals surface area contributed by atoms with Gasteiger partial charge in [-0.2, -0.15) is 0 Å². The molecule has 0 unspecified atom stereocenters. The SMILES string of the molecule is CCCCCCCCCN(C)C(=O)N(C)c1ccc(C(=O)OC)cc1F. The Labute approximate surface area is 156 Å². The van der Waals surface area contributed by atoms with Crippen molar-refractivity contribution in [3.63, 3.8) is 0 Å². The van der Waals surface area contributed by atoms with E-state index in [1.807, 2.05) is 0 Å². The number of esters is 1. The number of methoxy groups -OCH3 is 1. The number of nitrogens with zero attached hydrogens (tertiary/aromatic N) is 2. The molecule has 0 aromatic heterocycles. The van der Waals surface area contributed by atoms with Gasteiger partial charge in [0, 0.05) is 20.6 Å². The Morgan fingerprint density at radius 2 is 1.65 bits per heavy atom. The molecule has 0 heterocycles.